The molecule has 0 aromatic rings. The molecule has 0 rings (SSSR count). The molecule has 2 atom stereocenters. The van der Waals surface area contributed by atoms with Crippen molar-refractivity contribution in [3.63, 3.8) is 0 Å². The zero-order valence-corrected chi connectivity index (χ0v) is 38.2. The van der Waals surface area contributed by atoms with Crippen LogP contribution in [0.25, 0.3) is 0 Å². The lowest BCUT2D eigenvalue weighted by Crippen LogP contribution is -2.37. The van der Waals surface area contributed by atoms with Gasteiger partial charge in [0.15, 0.2) is 11.9 Å². The van der Waals surface area contributed by atoms with Crippen LogP contribution < -0.4 is 0 Å². The van der Waals surface area contributed by atoms with Gasteiger partial charge in [0.2, 0.25) is 0 Å². The zero-order valence-electron chi connectivity index (χ0n) is 37.3. The second-order valence-electron chi connectivity index (χ2n) is 16.8. The highest BCUT2D eigenvalue weighted by molar-refractivity contribution is 7.47. The molecule has 1 unspecified atom stereocenters. The van der Waals surface area contributed by atoms with Gasteiger partial charge in [-0.1, -0.05) is 167 Å². The molecule has 0 bridgehead atoms. The Balaban J connectivity index is 4.37. The number of rotatable bonds is 42. The molecular formula is C46H87NO9P+. The number of carbonyl (C=O) groups excluding carboxylic acids is 3. The van der Waals surface area contributed by atoms with Crippen LogP contribution in [0.15, 0.2) is 24.3 Å². The van der Waals surface area contributed by atoms with Gasteiger partial charge >= 0.3 is 19.8 Å². The quantitative estimate of drug-likeness (QED) is 0.0160. The first kappa shape index (κ1) is 55.2. The third-order valence-electron chi connectivity index (χ3n) is 9.96. The van der Waals surface area contributed by atoms with E-state index >= 15 is 0 Å². The van der Waals surface area contributed by atoms with Crippen molar-refractivity contribution in [3.8, 4) is 0 Å². The Morgan fingerprint density at radius 2 is 1.04 bits per heavy atom. The summed E-state index contributed by atoms with van der Waals surface area (Å²) in [4.78, 5) is 47.2. The molecule has 0 saturated heterocycles. The van der Waals surface area contributed by atoms with Crippen LogP contribution >= 0.6 is 7.82 Å². The predicted molar refractivity (Wildman–Crippen MR) is 234 cm³/mol. The van der Waals surface area contributed by atoms with Crippen molar-refractivity contribution < 1.29 is 46.8 Å². The van der Waals surface area contributed by atoms with E-state index in [1.54, 1.807) is 6.08 Å². The molecule has 0 fully saturated rings. The van der Waals surface area contributed by atoms with Crippen molar-refractivity contribution in [2.24, 2.45) is 0 Å². The Kier molecular flexibility index (Phi) is 37.1. The van der Waals surface area contributed by atoms with E-state index in [0.717, 1.165) is 70.6 Å². The Hall–Kier alpha value is -1.84. The summed E-state index contributed by atoms with van der Waals surface area (Å²) in [7, 11) is 1.43. The van der Waals surface area contributed by atoms with Crippen molar-refractivity contribution in [1.29, 1.82) is 0 Å². The van der Waals surface area contributed by atoms with Gasteiger partial charge in [-0.15, -0.1) is 0 Å². The van der Waals surface area contributed by atoms with Crippen molar-refractivity contribution >= 4 is 25.5 Å². The van der Waals surface area contributed by atoms with E-state index in [4.69, 9.17) is 18.5 Å². The van der Waals surface area contributed by atoms with E-state index in [-0.39, 0.29) is 31.8 Å². The molecule has 11 heteroatoms. The van der Waals surface area contributed by atoms with Crippen LogP contribution in [0.2, 0.25) is 0 Å². The van der Waals surface area contributed by atoms with Gasteiger partial charge in [-0.3, -0.25) is 23.4 Å². The maximum absolute atomic E-state index is 12.7. The van der Waals surface area contributed by atoms with Crippen LogP contribution in [0, 0.1) is 0 Å². The van der Waals surface area contributed by atoms with Gasteiger partial charge < -0.3 is 18.9 Å². The van der Waals surface area contributed by atoms with E-state index < -0.39 is 32.5 Å². The number of allylic oxidation sites excluding steroid dienone is 4. The lowest BCUT2D eigenvalue weighted by Gasteiger charge is -2.24. The topological polar surface area (TPSA) is 125 Å². The standard InChI is InChI=1S/C46H86NO9P/c1-6-8-10-11-12-13-14-15-16-17-18-19-20-23-27-30-34-38-46(50)56-44(42-55-57(51,52)54-40-39-47(3,4)5)41-53-45(49)37-33-29-26-24-21-22-25-28-32-36-43(48)35-31-9-7-2/h25,28,32,36,44H,6-24,26-27,29-31,33-35,37-42H2,1-5H3/p+1/b28-25-,36-32+/t44-/m1/s1. The molecule has 0 aliphatic rings. The second-order valence-corrected chi connectivity index (χ2v) is 18.3. The van der Waals surface area contributed by atoms with E-state index in [0.29, 0.717) is 30.3 Å². The number of phosphoric ester groups is 1. The van der Waals surface area contributed by atoms with Crippen LogP contribution in [-0.2, 0) is 37.5 Å². The van der Waals surface area contributed by atoms with Gasteiger partial charge in [-0.25, -0.2) is 4.57 Å². The summed E-state index contributed by atoms with van der Waals surface area (Å²) in [5, 5.41) is 0. The Morgan fingerprint density at radius 3 is 1.56 bits per heavy atom. The third kappa shape index (κ3) is 42.1. The highest BCUT2D eigenvalue weighted by Gasteiger charge is 2.27. The lowest BCUT2D eigenvalue weighted by molar-refractivity contribution is -0.870. The second kappa shape index (κ2) is 38.4. The van der Waals surface area contributed by atoms with Crippen molar-refractivity contribution in [2.45, 2.75) is 206 Å². The fourth-order valence-corrected chi connectivity index (χ4v) is 7.03. The highest BCUT2D eigenvalue weighted by Crippen LogP contribution is 2.43. The fourth-order valence-electron chi connectivity index (χ4n) is 6.29. The molecule has 0 radical (unpaired) electrons. The SMILES string of the molecule is CCCCCCCCCCCCCCCCCCCC(=O)O[C@H](COC(=O)CCCCCCC/C=C\C=C\C(=O)CCCCC)COP(=O)(O)OCC[N+](C)(C)C. The molecule has 0 aromatic heterocycles. The molecule has 0 amide bonds. The van der Waals surface area contributed by atoms with Crippen LogP contribution in [0.3, 0.4) is 0 Å². The summed E-state index contributed by atoms with van der Waals surface area (Å²) in [6.45, 7) is 4.23. The molecule has 0 aliphatic heterocycles. The smallest absolute Gasteiger partial charge is 0.462 e. The van der Waals surface area contributed by atoms with Gasteiger partial charge in [-0.05, 0) is 38.2 Å². The molecule has 57 heavy (non-hydrogen) atoms. The van der Waals surface area contributed by atoms with Crippen LogP contribution in [0.4, 0.5) is 0 Å². The van der Waals surface area contributed by atoms with E-state index in [1.807, 2.05) is 33.3 Å². The average molecular weight is 829 g/mol. The summed E-state index contributed by atoms with van der Waals surface area (Å²) < 4.78 is 34.3. The van der Waals surface area contributed by atoms with Crippen LogP contribution in [0.1, 0.15) is 200 Å². The normalized spacial score (nSPS) is 13.6. The first-order valence-electron chi connectivity index (χ1n) is 23.0. The summed E-state index contributed by atoms with van der Waals surface area (Å²) in [6.07, 6.45) is 37.7. The first-order chi connectivity index (χ1) is 27.4. The molecule has 0 aliphatic carbocycles. The number of hydrogen-bond donors (Lipinski definition) is 1. The Morgan fingerprint density at radius 1 is 0.579 bits per heavy atom. The van der Waals surface area contributed by atoms with Crippen molar-refractivity contribution in [2.75, 3.05) is 47.5 Å². The molecule has 334 valence electrons. The summed E-state index contributed by atoms with van der Waals surface area (Å²) >= 11 is 0. The number of quaternary nitrogens is 1. The number of likely N-dealkylation sites (N-methyl/N-ethyl adjacent to an activating group) is 1. The number of ether oxygens (including phenoxy) is 2. The minimum atomic E-state index is -4.39. The largest absolute Gasteiger partial charge is 0.472 e. The number of phosphoric acid groups is 1. The molecule has 0 saturated carbocycles. The fraction of sp³-hybridized carbons (Fsp3) is 0.848. The van der Waals surface area contributed by atoms with E-state index in [1.165, 1.54) is 83.5 Å². The number of ketones is 1. The third-order valence-corrected chi connectivity index (χ3v) is 10.9. The maximum Gasteiger partial charge on any atom is 0.472 e. The molecule has 0 aromatic carbocycles. The number of unbranched alkanes of at least 4 members (excludes halogenated alkanes) is 23. The number of esters is 2. The summed E-state index contributed by atoms with van der Waals surface area (Å²) in [5.41, 5.74) is 0. The lowest BCUT2D eigenvalue weighted by atomic mass is 10.0. The maximum atomic E-state index is 12.7. The molecular weight excluding hydrogens is 741 g/mol. The highest BCUT2D eigenvalue weighted by atomic mass is 31.2. The van der Waals surface area contributed by atoms with Gasteiger partial charge in [0, 0.05) is 19.3 Å². The number of nitrogens with zero attached hydrogens (tertiary/aromatic N) is 1. The summed E-state index contributed by atoms with van der Waals surface area (Å²) in [6, 6.07) is 0. The van der Waals surface area contributed by atoms with Crippen molar-refractivity contribution in [1.82, 2.24) is 0 Å². The average Bonchev–Trinajstić information content (AvgIpc) is 3.15. The monoisotopic (exact) mass is 829 g/mol. The molecule has 1 N–H and O–H groups in total. The van der Waals surface area contributed by atoms with Gasteiger partial charge in [-0.2, -0.15) is 0 Å². The number of carbonyl (C=O) groups is 3. The first-order valence-corrected chi connectivity index (χ1v) is 24.5. The Labute approximate surface area is 349 Å². The molecule has 0 spiro atoms. The van der Waals surface area contributed by atoms with Gasteiger partial charge in [0.1, 0.15) is 19.8 Å². The minimum Gasteiger partial charge on any atom is -0.462 e. The zero-order chi connectivity index (χ0) is 42.3. The minimum absolute atomic E-state index is 0.0193. The predicted octanol–water partition coefficient (Wildman–Crippen LogP) is 12.3. The van der Waals surface area contributed by atoms with Crippen LogP contribution in [0.5, 0.6) is 0 Å². The van der Waals surface area contributed by atoms with Gasteiger partial charge in [0.05, 0.1) is 27.7 Å². The van der Waals surface area contributed by atoms with Crippen molar-refractivity contribution in [3.05, 3.63) is 24.3 Å². The molecule has 10 nitrogen and oxygen atoms in total. The van der Waals surface area contributed by atoms with Crippen LogP contribution in [-0.4, -0.2) is 80.7 Å². The number of hydrogen-bond acceptors (Lipinski definition) is 8. The Bertz CT molecular complexity index is 1090. The van der Waals surface area contributed by atoms with Gasteiger partial charge in [0.25, 0.3) is 0 Å². The van der Waals surface area contributed by atoms with E-state index in [2.05, 4.69) is 19.9 Å². The molecule has 0 heterocycles. The van der Waals surface area contributed by atoms with E-state index in [9.17, 15) is 23.8 Å². The summed E-state index contributed by atoms with van der Waals surface area (Å²) in [5.74, 6) is -0.671.